The third-order valence-electron chi connectivity index (χ3n) is 7.81. The molecule has 1 aromatic carbocycles. The van der Waals surface area contributed by atoms with Crippen molar-refractivity contribution in [3.05, 3.63) is 58.7 Å². The molecule has 4 heterocycles. The van der Waals surface area contributed by atoms with Crippen molar-refractivity contribution in [2.75, 3.05) is 4.90 Å². The normalized spacial score (nSPS) is 18.0. The summed E-state index contributed by atoms with van der Waals surface area (Å²) >= 11 is 0. The van der Waals surface area contributed by atoms with Crippen LogP contribution in [0.2, 0.25) is 18.1 Å². The first-order valence-electron chi connectivity index (χ1n) is 12.3. The lowest BCUT2D eigenvalue weighted by atomic mass is 9.94. The van der Waals surface area contributed by atoms with Crippen molar-refractivity contribution in [1.29, 1.82) is 0 Å². The largest absolute Gasteiger partial charge is 0.543 e. The summed E-state index contributed by atoms with van der Waals surface area (Å²) in [5.41, 5.74) is 4.31. The first-order chi connectivity index (χ1) is 16.9. The number of hydrogen-bond donors (Lipinski definition) is 0. The molecule has 5 rings (SSSR count). The maximum Gasteiger partial charge on any atom is 0.332 e. The van der Waals surface area contributed by atoms with Crippen molar-refractivity contribution in [3.8, 4) is 5.75 Å². The van der Waals surface area contributed by atoms with E-state index in [0.29, 0.717) is 25.2 Å². The SMILES string of the molecule is Cc1noc(C)c1Cn1cc(N2C(=O)C3Cc4cc(O[Si](C)(C)C(C)(C)C)ccc4CN3C2=O)cn1. The lowest BCUT2D eigenvalue weighted by Gasteiger charge is -2.37. The van der Waals surface area contributed by atoms with E-state index in [2.05, 4.69) is 50.2 Å². The van der Waals surface area contributed by atoms with Crippen LogP contribution in [0.4, 0.5) is 10.5 Å². The Labute approximate surface area is 212 Å². The molecule has 9 nitrogen and oxygen atoms in total. The molecular formula is C26H33N5O4Si. The van der Waals surface area contributed by atoms with Crippen LogP contribution in [0.3, 0.4) is 0 Å². The van der Waals surface area contributed by atoms with Crippen molar-refractivity contribution >= 4 is 25.9 Å². The topological polar surface area (TPSA) is 93.7 Å². The smallest absolute Gasteiger partial charge is 0.332 e. The van der Waals surface area contributed by atoms with Crippen LogP contribution in [0.1, 0.15) is 48.9 Å². The van der Waals surface area contributed by atoms with Gasteiger partial charge in [-0.3, -0.25) is 9.48 Å². The molecule has 1 unspecified atom stereocenters. The van der Waals surface area contributed by atoms with Crippen LogP contribution in [0.5, 0.6) is 5.75 Å². The number of carbonyl (C=O) groups excluding carboxylic acids is 2. The highest BCUT2D eigenvalue weighted by Crippen LogP contribution is 2.39. The minimum Gasteiger partial charge on any atom is -0.543 e. The van der Waals surface area contributed by atoms with E-state index < -0.39 is 14.4 Å². The monoisotopic (exact) mass is 507 g/mol. The van der Waals surface area contributed by atoms with Crippen LogP contribution in [0.25, 0.3) is 0 Å². The molecule has 2 aromatic heterocycles. The molecule has 0 N–H and O–H groups in total. The number of urea groups is 1. The highest BCUT2D eigenvalue weighted by atomic mass is 28.4. The lowest BCUT2D eigenvalue weighted by molar-refractivity contribution is -0.120. The minimum absolute atomic E-state index is 0.0873. The first-order valence-corrected chi connectivity index (χ1v) is 15.2. The van der Waals surface area contributed by atoms with Gasteiger partial charge in [0.15, 0.2) is 0 Å². The summed E-state index contributed by atoms with van der Waals surface area (Å²) in [6, 6.07) is 5.22. The standard InChI is InChI=1S/C26H33N5O4Si/c1-16-22(17(2)34-28-16)15-29-14-20(12-27-29)31-24(32)23-11-19-10-21(35-36(6,7)26(3,4)5)9-8-18(19)13-30(23)25(31)33/h8-10,12,14,23H,11,13,15H2,1-7H3. The molecule has 0 aliphatic carbocycles. The molecule has 2 aliphatic heterocycles. The third kappa shape index (κ3) is 4.03. The Hall–Kier alpha value is -3.40. The van der Waals surface area contributed by atoms with E-state index >= 15 is 0 Å². The summed E-state index contributed by atoms with van der Waals surface area (Å²) in [5.74, 6) is 1.34. The number of anilines is 1. The summed E-state index contributed by atoms with van der Waals surface area (Å²) in [5, 5.41) is 8.44. The molecule has 2 aliphatic rings. The van der Waals surface area contributed by atoms with E-state index in [1.807, 2.05) is 26.0 Å². The quantitative estimate of drug-likeness (QED) is 0.363. The van der Waals surface area contributed by atoms with Crippen LogP contribution in [0, 0.1) is 13.8 Å². The Morgan fingerprint density at radius 3 is 2.58 bits per heavy atom. The van der Waals surface area contributed by atoms with Gasteiger partial charge in [-0.15, -0.1) is 0 Å². The highest BCUT2D eigenvalue weighted by molar-refractivity contribution is 6.74. The molecule has 1 saturated heterocycles. The number of hydrogen-bond acceptors (Lipinski definition) is 6. The lowest BCUT2D eigenvalue weighted by Crippen LogP contribution is -2.44. The van der Waals surface area contributed by atoms with Gasteiger partial charge in [0.2, 0.25) is 8.32 Å². The molecule has 1 atom stereocenters. The maximum absolute atomic E-state index is 13.4. The molecule has 3 aromatic rings. The summed E-state index contributed by atoms with van der Waals surface area (Å²) in [6.45, 7) is 15.7. The van der Waals surface area contributed by atoms with E-state index in [0.717, 1.165) is 33.9 Å². The molecule has 1 fully saturated rings. The Kier molecular flexibility index (Phi) is 5.62. The van der Waals surface area contributed by atoms with Crippen LogP contribution in [0.15, 0.2) is 35.1 Å². The Bertz CT molecular complexity index is 1330. The van der Waals surface area contributed by atoms with E-state index in [-0.39, 0.29) is 17.0 Å². The van der Waals surface area contributed by atoms with Crippen molar-refractivity contribution in [1.82, 2.24) is 19.8 Å². The average molecular weight is 508 g/mol. The van der Waals surface area contributed by atoms with E-state index in [9.17, 15) is 9.59 Å². The van der Waals surface area contributed by atoms with Gasteiger partial charge in [0, 0.05) is 24.7 Å². The van der Waals surface area contributed by atoms with Gasteiger partial charge < -0.3 is 13.8 Å². The van der Waals surface area contributed by atoms with Gasteiger partial charge in [-0.2, -0.15) is 5.10 Å². The fourth-order valence-electron chi connectivity index (χ4n) is 4.55. The number of fused-ring (bicyclic) bond motifs is 2. The molecular weight excluding hydrogens is 474 g/mol. The van der Waals surface area contributed by atoms with E-state index in [4.69, 9.17) is 8.95 Å². The predicted molar refractivity (Wildman–Crippen MR) is 137 cm³/mol. The number of aromatic nitrogens is 3. The zero-order valence-corrected chi connectivity index (χ0v) is 23.0. The zero-order valence-electron chi connectivity index (χ0n) is 22.0. The zero-order chi connectivity index (χ0) is 26.0. The van der Waals surface area contributed by atoms with Crippen LogP contribution < -0.4 is 9.33 Å². The number of carbonyl (C=O) groups is 2. The van der Waals surface area contributed by atoms with Gasteiger partial charge in [0.25, 0.3) is 5.91 Å². The van der Waals surface area contributed by atoms with E-state index in [1.165, 1.54) is 4.90 Å². The fraction of sp³-hybridized carbons (Fsp3) is 0.462. The summed E-state index contributed by atoms with van der Waals surface area (Å²) in [6.07, 6.45) is 3.75. The molecule has 190 valence electrons. The first kappa shape index (κ1) is 24.3. The molecule has 0 saturated carbocycles. The maximum atomic E-state index is 13.4. The summed E-state index contributed by atoms with van der Waals surface area (Å²) in [4.78, 5) is 29.6. The van der Waals surface area contributed by atoms with Crippen molar-refractivity contribution in [2.24, 2.45) is 0 Å². The second kappa shape index (κ2) is 8.33. The van der Waals surface area contributed by atoms with Crippen LogP contribution in [-0.2, 0) is 24.3 Å². The fourth-order valence-corrected chi connectivity index (χ4v) is 5.57. The Morgan fingerprint density at radius 2 is 1.92 bits per heavy atom. The number of nitrogens with zero attached hydrogens (tertiary/aromatic N) is 5. The molecule has 0 spiro atoms. The Balaban J connectivity index is 1.35. The van der Waals surface area contributed by atoms with Gasteiger partial charge in [0.1, 0.15) is 17.6 Å². The molecule has 10 heteroatoms. The number of benzene rings is 1. The van der Waals surface area contributed by atoms with Gasteiger partial charge >= 0.3 is 6.03 Å². The van der Waals surface area contributed by atoms with Crippen LogP contribution in [-0.4, -0.2) is 46.1 Å². The predicted octanol–water partition coefficient (Wildman–Crippen LogP) is 4.81. The van der Waals surface area contributed by atoms with E-state index in [1.54, 1.807) is 22.0 Å². The number of aryl methyl sites for hydroxylation is 2. The molecule has 0 radical (unpaired) electrons. The minimum atomic E-state index is -1.98. The van der Waals surface area contributed by atoms with Gasteiger partial charge in [-0.1, -0.05) is 32.0 Å². The molecule has 0 bridgehead atoms. The van der Waals surface area contributed by atoms with Crippen molar-refractivity contribution < 1.29 is 18.5 Å². The number of rotatable bonds is 5. The van der Waals surface area contributed by atoms with Crippen molar-refractivity contribution in [2.45, 2.75) is 78.3 Å². The molecule has 36 heavy (non-hydrogen) atoms. The summed E-state index contributed by atoms with van der Waals surface area (Å²) < 4.78 is 13.4. The Morgan fingerprint density at radius 1 is 1.17 bits per heavy atom. The van der Waals surface area contributed by atoms with Crippen LogP contribution >= 0.6 is 0 Å². The van der Waals surface area contributed by atoms with Gasteiger partial charge in [-0.05, 0) is 55.2 Å². The van der Waals surface area contributed by atoms with Gasteiger partial charge in [-0.25, -0.2) is 9.69 Å². The van der Waals surface area contributed by atoms with Gasteiger partial charge in [0.05, 0.1) is 24.1 Å². The third-order valence-corrected chi connectivity index (χ3v) is 12.2. The highest BCUT2D eigenvalue weighted by Gasteiger charge is 2.48. The second-order valence-corrected chi connectivity index (χ2v) is 16.0. The summed E-state index contributed by atoms with van der Waals surface area (Å²) in [7, 11) is -1.98. The second-order valence-electron chi connectivity index (χ2n) is 11.3. The average Bonchev–Trinajstić information content (AvgIpc) is 3.45. The number of amides is 3. The molecule has 3 amide bonds. The van der Waals surface area contributed by atoms with Crippen molar-refractivity contribution in [3.63, 3.8) is 0 Å². The number of imide groups is 1.